The number of nitrogens with two attached hydrogens (primary N) is 1. The molecule has 0 bridgehead atoms. The van der Waals surface area contributed by atoms with Crippen LogP contribution in [0.4, 0.5) is 4.39 Å². The summed E-state index contributed by atoms with van der Waals surface area (Å²) in [6, 6.07) is 5.48. The van der Waals surface area contributed by atoms with Crippen LogP contribution in [0, 0.1) is 18.7 Å². The predicted molar refractivity (Wildman–Crippen MR) is 80.0 cm³/mol. The largest absolute Gasteiger partial charge is 0.329 e. The Morgan fingerprint density at radius 1 is 1.42 bits per heavy atom. The average Bonchev–Trinajstić information content (AvgIpc) is 2.36. The molecule has 1 aliphatic heterocycles. The Kier molecular flexibility index (Phi) is 6.24. The molecule has 4 heteroatoms. The highest BCUT2D eigenvalue weighted by Gasteiger charge is 2.25. The van der Waals surface area contributed by atoms with Gasteiger partial charge in [0.25, 0.3) is 0 Å². The Bertz CT molecular complexity index is 411. The van der Waals surface area contributed by atoms with Crippen LogP contribution in [0.1, 0.15) is 30.9 Å². The van der Waals surface area contributed by atoms with Crippen molar-refractivity contribution in [3.8, 4) is 0 Å². The van der Waals surface area contributed by atoms with E-state index in [1.54, 1.807) is 6.07 Å². The first kappa shape index (κ1) is 16.4. The first-order chi connectivity index (χ1) is 8.60. The van der Waals surface area contributed by atoms with Gasteiger partial charge < -0.3 is 5.73 Å². The van der Waals surface area contributed by atoms with Crippen molar-refractivity contribution < 1.29 is 4.39 Å². The Morgan fingerprint density at radius 2 is 2.16 bits per heavy atom. The zero-order chi connectivity index (χ0) is 13.1. The van der Waals surface area contributed by atoms with Gasteiger partial charge in [0.1, 0.15) is 5.82 Å². The van der Waals surface area contributed by atoms with Crippen molar-refractivity contribution in [3.63, 3.8) is 0 Å². The fourth-order valence-electron chi connectivity index (χ4n) is 2.78. The molecule has 0 radical (unpaired) electrons. The predicted octanol–water partition coefficient (Wildman–Crippen LogP) is 3.12. The van der Waals surface area contributed by atoms with Crippen molar-refractivity contribution in [3.05, 3.63) is 35.1 Å². The summed E-state index contributed by atoms with van der Waals surface area (Å²) in [6.45, 7) is 6.90. The number of nitrogens with zero attached hydrogens (tertiary/aromatic N) is 1. The van der Waals surface area contributed by atoms with Gasteiger partial charge in [-0.15, -0.1) is 12.4 Å². The van der Waals surface area contributed by atoms with E-state index >= 15 is 0 Å². The van der Waals surface area contributed by atoms with Gasteiger partial charge in [0.05, 0.1) is 0 Å². The van der Waals surface area contributed by atoms with Crippen LogP contribution >= 0.6 is 12.4 Å². The molecular formula is C15H24ClFN2. The van der Waals surface area contributed by atoms with Crippen molar-refractivity contribution >= 4 is 12.4 Å². The summed E-state index contributed by atoms with van der Waals surface area (Å²) in [5, 5.41) is 0. The van der Waals surface area contributed by atoms with Crippen LogP contribution in [0.3, 0.4) is 0 Å². The van der Waals surface area contributed by atoms with E-state index in [2.05, 4.69) is 11.8 Å². The minimum absolute atomic E-state index is 0. The molecule has 0 spiro atoms. The quantitative estimate of drug-likeness (QED) is 0.925. The van der Waals surface area contributed by atoms with E-state index < -0.39 is 0 Å². The summed E-state index contributed by atoms with van der Waals surface area (Å²) in [7, 11) is 0. The monoisotopic (exact) mass is 286 g/mol. The second kappa shape index (κ2) is 7.22. The third kappa shape index (κ3) is 4.16. The summed E-state index contributed by atoms with van der Waals surface area (Å²) >= 11 is 0. The van der Waals surface area contributed by atoms with Gasteiger partial charge in [0.2, 0.25) is 0 Å². The van der Waals surface area contributed by atoms with E-state index in [0.29, 0.717) is 12.6 Å². The Morgan fingerprint density at radius 3 is 2.84 bits per heavy atom. The molecule has 0 amide bonds. The third-order valence-corrected chi connectivity index (χ3v) is 4.06. The van der Waals surface area contributed by atoms with Gasteiger partial charge in [0.15, 0.2) is 0 Å². The van der Waals surface area contributed by atoms with Crippen LogP contribution in [0.25, 0.3) is 0 Å². The molecule has 2 atom stereocenters. The van der Waals surface area contributed by atoms with E-state index in [9.17, 15) is 4.39 Å². The molecule has 0 aromatic heterocycles. The molecule has 2 unspecified atom stereocenters. The standard InChI is InChI=1S/C15H23FN2.ClH/c1-11-5-6-18(15(7-11)9-17)10-13-8-14(16)4-3-12(13)2;/h3-4,8,11,15H,5-7,9-10,17H2,1-2H3;1H. The van der Waals surface area contributed by atoms with Crippen LogP contribution in [0.5, 0.6) is 0 Å². The zero-order valence-corrected chi connectivity index (χ0v) is 12.5. The molecule has 2 nitrogen and oxygen atoms in total. The lowest BCUT2D eigenvalue weighted by Gasteiger charge is -2.38. The van der Waals surface area contributed by atoms with Crippen molar-refractivity contribution in [2.75, 3.05) is 13.1 Å². The third-order valence-electron chi connectivity index (χ3n) is 4.06. The normalized spacial score (nSPS) is 24.0. The molecule has 2 N–H and O–H groups in total. The maximum absolute atomic E-state index is 13.3. The Hall–Kier alpha value is -0.640. The minimum Gasteiger partial charge on any atom is -0.329 e. The molecule has 1 aromatic rings. The number of halogens is 2. The number of piperidine rings is 1. The Labute approximate surface area is 121 Å². The smallest absolute Gasteiger partial charge is 0.123 e. The molecule has 1 heterocycles. The lowest BCUT2D eigenvalue weighted by atomic mass is 9.92. The molecule has 19 heavy (non-hydrogen) atoms. The summed E-state index contributed by atoms with van der Waals surface area (Å²) in [5.74, 6) is 0.605. The highest BCUT2D eigenvalue weighted by molar-refractivity contribution is 5.85. The van der Waals surface area contributed by atoms with Crippen LogP contribution in [0.15, 0.2) is 18.2 Å². The van der Waals surface area contributed by atoms with Gasteiger partial charge in [-0.1, -0.05) is 13.0 Å². The zero-order valence-electron chi connectivity index (χ0n) is 11.7. The van der Waals surface area contributed by atoms with Crippen molar-refractivity contribution in [2.45, 2.75) is 39.3 Å². The maximum Gasteiger partial charge on any atom is 0.123 e. The molecule has 0 saturated carbocycles. The SMILES string of the molecule is Cc1ccc(F)cc1CN1CCC(C)CC1CN.Cl. The highest BCUT2D eigenvalue weighted by atomic mass is 35.5. The number of benzene rings is 1. The number of rotatable bonds is 3. The second-order valence-electron chi connectivity index (χ2n) is 5.56. The van der Waals surface area contributed by atoms with E-state index in [4.69, 9.17) is 5.73 Å². The molecule has 0 aliphatic carbocycles. The highest BCUT2D eigenvalue weighted by Crippen LogP contribution is 2.24. The van der Waals surface area contributed by atoms with Crippen molar-refractivity contribution in [2.24, 2.45) is 11.7 Å². The van der Waals surface area contributed by atoms with Crippen LogP contribution < -0.4 is 5.73 Å². The topological polar surface area (TPSA) is 29.3 Å². The molecular weight excluding hydrogens is 263 g/mol. The fourth-order valence-corrected chi connectivity index (χ4v) is 2.78. The summed E-state index contributed by atoms with van der Waals surface area (Å²) in [4.78, 5) is 2.40. The van der Waals surface area contributed by atoms with Gasteiger partial charge in [-0.2, -0.15) is 0 Å². The van der Waals surface area contributed by atoms with Gasteiger partial charge in [-0.05, 0) is 55.5 Å². The van der Waals surface area contributed by atoms with E-state index in [1.165, 1.54) is 12.5 Å². The van der Waals surface area contributed by atoms with Gasteiger partial charge in [0, 0.05) is 19.1 Å². The van der Waals surface area contributed by atoms with Crippen LogP contribution in [-0.4, -0.2) is 24.0 Å². The van der Waals surface area contributed by atoms with Gasteiger partial charge >= 0.3 is 0 Å². The number of aryl methyl sites for hydroxylation is 1. The lowest BCUT2D eigenvalue weighted by molar-refractivity contribution is 0.115. The number of likely N-dealkylation sites (tertiary alicyclic amines) is 1. The van der Waals surface area contributed by atoms with Gasteiger partial charge in [-0.25, -0.2) is 4.39 Å². The van der Waals surface area contributed by atoms with E-state index in [-0.39, 0.29) is 18.2 Å². The molecule has 1 fully saturated rings. The molecule has 2 rings (SSSR count). The van der Waals surface area contributed by atoms with E-state index in [0.717, 1.165) is 36.6 Å². The van der Waals surface area contributed by atoms with Gasteiger partial charge in [-0.3, -0.25) is 4.90 Å². The van der Waals surface area contributed by atoms with Crippen LogP contribution in [0.2, 0.25) is 0 Å². The first-order valence-corrected chi connectivity index (χ1v) is 6.79. The minimum atomic E-state index is -0.148. The molecule has 1 aromatic carbocycles. The summed E-state index contributed by atoms with van der Waals surface area (Å²) in [5.41, 5.74) is 8.11. The first-order valence-electron chi connectivity index (χ1n) is 6.79. The summed E-state index contributed by atoms with van der Waals surface area (Å²) < 4.78 is 13.3. The second-order valence-corrected chi connectivity index (χ2v) is 5.56. The number of hydrogen-bond donors (Lipinski definition) is 1. The number of hydrogen-bond acceptors (Lipinski definition) is 2. The maximum atomic E-state index is 13.3. The molecule has 1 saturated heterocycles. The molecule has 108 valence electrons. The van der Waals surface area contributed by atoms with E-state index in [1.807, 2.05) is 13.0 Å². The van der Waals surface area contributed by atoms with Crippen molar-refractivity contribution in [1.82, 2.24) is 4.90 Å². The Balaban J connectivity index is 0.00000180. The fraction of sp³-hybridized carbons (Fsp3) is 0.600. The van der Waals surface area contributed by atoms with Crippen LogP contribution in [-0.2, 0) is 6.54 Å². The summed E-state index contributed by atoms with van der Waals surface area (Å²) in [6.07, 6.45) is 2.37. The van der Waals surface area contributed by atoms with Crippen molar-refractivity contribution in [1.29, 1.82) is 0 Å². The lowest BCUT2D eigenvalue weighted by Crippen LogP contribution is -2.45. The molecule has 1 aliphatic rings. The average molecular weight is 287 g/mol.